The van der Waals surface area contributed by atoms with Crippen molar-refractivity contribution < 1.29 is 37.4 Å². The molecule has 0 aliphatic rings. The average molecular weight is 480 g/mol. The third-order valence-corrected chi connectivity index (χ3v) is 6.67. The number of hydrogen-bond donors (Lipinski definition) is 1. The molecule has 1 N–H and O–H groups in total. The van der Waals surface area contributed by atoms with Gasteiger partial charge in [0.15, 0.2) is 0 Å². The van der Waals surface area contributed by atoms with Gasteiger partial charge in [-0.3, -0.25) is 0 Å². The number of carbonyl (C=O) groups excluding carboxylic acids is 1. The van der Waals surface area contributed by atoms with Crippen molar-refractivity contribution in [1.29, 1.82) is 0 Å². The molecule has 0 aliphatic heterocycles. The van der Waals surface area contributed by atoms with Gasteiger partial charge in [-0.05, 0) is 35.7 Å². The summed E-state index contributed by atoms with van der Waals surface area (Å²) in [6, 6.07) is 12.0. The lowest BCUT2D eigenvalue weighted by atomic mass is 10.2. The van der Waals surface area contributed by atoms with Gasteiger partial charge >= 0.3 is 13.6 Å². The summed E-state index contributed by atoms with van der Waals surface area (Å²) in [5.74, 6) is -2.42. The summed E-state index contributed by atoms with van der Waals surface area (Å²) in [5.41, 5.74) is -0.0420. The lowest BCUT2D eigenvalue weighted by molar-refractivity contribution is 0.0555. The molecule has 10 heteroatoms. The third kappa shape index (κ3) is 5.95. The molecule has 0 amide bonds. The first-order valence-corrected chi connectivity index (χ1v) is 12.0. The van der Waals surface area contributed by atoms with Crippen molar-refractivity contribution >= 4 is 35.0 Å². The first-order valence-electron chi connectivity index (χ1n) is 9.53. The molecule has 0 saturated heterocycles. The van der Waals surface area contributed by atoms with Crippen molar-refractivity contribution in [3.05, 3.63) is 71.6 Å². The third-order valence-electron chi connectivity index (χ3n) is 4.23. The molecule has 0 aliphatic carbocycles. The van der Waals surface area contributed by atoms with Crippen molar-refractivity contribution in [3.8, 4) is 11.5 Å². The monoisotopic (exact) mass is 480 g/mol. The van der Waals surface area contributed by atoms with Crippen molar-refractivity contribution in [1.82, 2.24) is 0 Å². The summed E-state index contributed by atoms with van der Waals surface area (Å²) in [5, 5.41) is 0.550. The molecular formula is C22H22FO7PS. The van der Waals surface area contributed by atoms with Gasteiger partial charge in [-0.15, -0.1) is 11.3 Å². The Morgan fingerprint density at radius 2 is 2.00 bits per heavy atom. The van der Waals surface area contributed by atoms with Gasteiger partial charge in [0.05, 0.1) is 6.61 Å². The molecule has 0 radical (unpaired) electrons. The second kappa shape index (κ2) is 10.7. The molecule has 2 aromatic carbocycles. The van der Waals surface area contributed by atoms with Crippen LogP contribution in [0.15, 0.2) is 61.2 Å². The molecule has 1 aromatic heterocycles. The van der Waals surface area contributed by atoms with Crippen molar-refractivity contribution in [3.63, 3.8) is 0 Å². The smallest absolute Gasteiger partial charge is 0.415 e. The Hall–Kier alpha value is -2.71. The number of benzene rings is 2. The number of ether oxygens (including phenoxy) is 3. The van der Waals surface area contributed by atoms with Gasteiger partial charge in [-0.1, -0.05) is 24.8 Å². The van der Waals surface area contributed by atoms with Crippen LogP contribution in [0.1, 0.15) is 21.1 Å². The number of fused-ring (bicyclic) bond motifs is 1. The van der Waals surface area contributed by atoms with E-state index in [0.29, 0.717) is 27.3 Å². The van der Waals surface area contributed by atoms with E-state index in [1.165, 1.54) is 48.8 Å². The Balaban J connectivity index is 1.76. The maximum atomic E-state index is 15.0. The summed E-state index contributed by atoms with van der Waals surface area (Å²) in [7, 11) is -3.19. The first kappa shape index (κ1) is 23.9. The molecule has 0 bridgehead atoms. The van der Waals surface area contributed by atoms with Crippen LogP contribution >= 0.6 is 18.9 Å². The molecule has 7 nitrogen and oxygen atoms in total. The van der Waals surface area contributed by atoms with Gasteiger partial charge in [0.1, 0.15) is 29.6 Å². The summed E-state index contributed by atoms with van der Waals surface area (Å²) >= 11 is 1.18. The van der Waals surface area contributed by atoms with Gasteiger partial charge in [-0.25, -0.2) is 13.8 Å². The molecule has 170 valence electrons. The zero-order valence-corrected chi connectivity index (χ0v) is 18.9. The van der Waals surface area contributed by atoms with Crippen LogP contribution in [0, 0.1) is 0 Å². The van der Waals surface area contributed by atoms with Crippen LogP contribution in [-0.4, -0.2) is 37.8 Å². The van der Waals surface area contributed by atoms with Gasteiger partial charge < -0.3 is 23.6 Å². The number of carbonyl (C=O) groups is 1. The highest BCUT2D eigenvalue weighted by atomic mass is 32.1. The number of esters is 1. The minimum absolute atomic E-state index is 0.00254. The Bertz CT molecular complexity index is 1150. The van der Waals surface area contributed by atoms with Crippen molar-refractivity contribution in [2.24, 2.45) is 0 Å². The summed E-state index contributed by atoms with van der Waals surface area (Å²) in [4.78, 5) is 22.6. The lowest BCUT2D eigenvalue weighted by Crippen LogP contribution is -2.04. The van der Waals surface area contributed by atoms with Crippen molar-refractivity contribution in [2.45, 2.75) is 5.91 Å². The predicted molar refractivity (Wildman–Crippen MR) is 120 cm³/mol. The zero-order valence-electron chi connectivity index (χ0n) is 17.2. The lowest BCUT2D eigenvalue weighted by Gasteiger charge is -2.18. The molecule has 1 heterocycles. The van der Waals surface area contributed by atoms with E-state index in [4.69, 9.17) is 18.7 Å². The molecule has 3 rings (SSSR count). The molecular weight excluding hydrogens is 458 g/mol. The Morgan fingerprint density at radius 3 is 2.75 bits per heavy atom. The molecule has 32 heavy (non-hydrogen) atoms. The number of alkyl halides is 1. The number of methoxy groups -OCH3 is 1. The van der Waals surface area contributed by atoms with Gasteiger partial charge in [0, 0.05) is 23.4 Å². The maximum absolute atomic E-state index is 15.0. The molecule has 0 fully saturated rings. The number of thiophene rings is 1. The van der Waals surface area contributed by atoms with E-state index < -0.39 is 19.5 Å². The van der Waals surface area contributed by atoms with E-state index in [-0.39, 0.29) is 24.5 Å². The van der Waals surface area contributed by atoms with E-state index in [1.807, 2.05) is 0 Å². The van der Waals surface area contributed by atoms with Crippen LogP contribution in [0.4, 0.5) is 4.39 Å². The number of halogens is 1. The largest absolute Gasteiger partial charge is 0.491 e. The van der Waals surface area contributed by atoms with E-state index in [0.717, 1.165) is 0 Å². The molecule has 1 unspecified atom stereocenters. The first-order chi connectivity index (χ1) is 15.3. The fourth-order valence-corrected chi connectivity index (χ4v) is 4.75. The highest BCUT2D eigenvalue weighted by Gasteiger charge is 2.36. The Labute approximate surface area is 188 Å². The topological polar surface area (TPSA) is 91.3 Å². The summed E-state index contributed by atoms with van der Waals surface area (Å²) in [6.45, 7) is 4.22. The van der Waals surface area contributed by atoms with Gasteiger partial charge in [-0.2, -0.15) is 0 Å². The Kier molecular flexibility index (Phi) is 8.04. The van der Waals surface area contributed by atoms with Crippen LogP contribution < -0.4 is 9.26 Å². The molecule has 3 aromatic rings. The van der Waals surface area contributed by atoms with Crippen molar-refractivity contribution in [2.75, 3.05) is 26.9 Å². The quantitative estimate of drug-likeness (QED) is 0.168. The minimum Gasteiger partial charge on any atom is -0.491 e. The van der Waals surface area contributed by atoms with Crippen LogP contribution in [0.3, 0.4) is 0 Å². The second-order valence-electron chi connectivity index (χ2n) is 6.60. The summed E-state index contributed by atoms with van der Waals surface area (Å²) in [6.07, 6.45) is 1.46. The van der Waals surface area contributed by atoms with E-state index >= 15 is 4.39 Å². The standard InChI is InChI=1S/C22H22FO7PS/c1-3-9-29-22(24)20-13-16-12-15(7-8-19(16)32-20)21(23)31(25,26)30-18-6-4-5-17(14-18)28-11-10-27-2/h3-8,12-14,21H,1,9-11H2,2H3,(H,25,26)/t21-/m1/s1. The maximum Gasteiger partial charge on any atom is 0.415 e. The van der Waals surface area contributed by atoms with Crippen LogP contribution in [0.2, 0.25) is 0 Å². The van der Waals surface area contributed by atoms with Gasteiger partial charge in [0.25, 0.3) is 0 Å². The Morgan fingerprint density at radius 1 is 1.22 bits per heavy atom. The number of rotatable bonds is 11. The molecule has 0 saturated carbocycles. The van der Waals surface area contributed by atoms with E-state index in [1.54, 1.807) is 24.3 Å². The van der Waals surface area contributed by atoms with E-state index in [2.05, 4.69) is 6.58 Å². The highest BCUT2D eigenvalue weighted by Crippen LogP contribution is 2.57. The van der Waals surface area contributed by atoms with Gasteiger partial charge in [0.2, 0.25) is 5.91 Å². The predicted octanol–water partition coefficient (Wildman–Crippen LogP) is 5.50. The summed E-state index contributed by atoms with van der Waals surface area (Å²) < 4.78 is 48.8. The molecule has 2 atom stereocenters. The SMILES string of the molecule is C=CCOC(=O)c1cc2cc([C@H](F)P(=O)(O)Oc3cccc(OCCOC)c3)ccc2s1. The fraction of sp³-hybridized carbons (Fsp3) is 0.227. The zero-order chi connectivity index (χ0) is 23.1. The fourth-order valence-electron chi connectivity index (χ4n) is 2.77. The number of hydrogen-bond acceptors (Lipinski definition) is 7. The average Bonchev–Trinajstić information content (AvgIpc) is 3.20. The van der Waals surface area contributed by atoms with E-state index in [9.17, 15) is 14.3 Å². The minimum atomic E-state index is -4.73. The van der Waals surface area contributed by atoms with Crippen LogP contribution in [-0.2, 0) is 14.0 Å². The van der Waals surface area contributed by atoms with Crippen LogP contribution in [0.5, 0.6) is 11.5 Å². The highest BCUT2D eigenvalue weighted by molar-refractivity contribution is 7.53. The van der Waals surface area contributed by atoms with Crippen LogP contribution in [0.25, 0.3) is 10.1 Å². The molecule has 0 spiro atoms. The normalized spacial score (nSPS) is 13.8. The second-order valence-corrected chi connectivity index (χ2v) is 9.45.